The highest BCUT2D eigenvalue weighted by Crippen LogP contribution is 2.63. The molecule has 7 heteroatoms. The first-order chi connectivity index (χ1) is 13.5. The quantitative estimate of drug-likeness (QED) is 0.809. The number of aromatic hydroxyl groups is 2. The fraction of sp³-hybridized carbons (Fsp3) is 0.429. The fourth-order valence-electron chi connectivity index (χ4n) is 4.69. The molecule has 148 valence electrons. The molecule has 4 atom stereocenters. The molecule has 2 N–H and O–H groups in total. The molecule has 0 aromatic heterocycles. The summed E-state index contributed by atoms with van der Waals surface area (Å²) in [5.74, 6) is 1.65. The Balaban J connectivity index is 1.92. The highest BCUT2D eigenvalue weighted by atomic mass is 16.7. The molecule has 2 aromatic rings. The number of rotatable bonds is 2. The predicted octanol–water partition coefficient (Wildman–Crippen LogP) is 3.91. The van der Waals surface area contributed by atoms with Crippen LogP contribution in [0.5, 0.6) is 34.5 Å². The fourth-order valence-corrected chi connectivity index (χ4v) is 4.69. The summed E-state index contributed by atoms with van der Waals surface area (Å²) in [4.78, 5) is 0. The molecule has 3 aliphatic rings. The van der Waals surface area contributed by atoms with Gasteiger partial charge in [-0.05, 0) is 35.1 Å². The second-order valence-electron chi connectivity index (χ2n) is 7.54. The third-order valence-corrected chi connectivity index (χ3v) is 6.29. The lowest BCUT2D eigenvalue weighted by Gasteiger charge is -2.26. The minimum absolute atomic E-state index is 0.00273. The highest BCUT2D eigenvalue weighted by Gasteiger charge is 2.48. The largest absolute Gasteiger partial charge is 0.504 e. The molecule has 0 aliphatic carbocycles. The van der Waals surface area contributed by atoms with Crippen LogP contribution in [0.25, 0.3) is 11.1 Å². The van der Waals surface area contributed by atoms with Gasteiger partial charge in [0.2, 0.25) is 18.3 Å². The normalized spacial score (nSPS) is 26.4. The zero-order valence-electron chi connectivity index (χ0n) is 16.1. The van der Waals surface area contributed by atoms with Gasteiger partial charge in [0.15, 0.2) is 23.0 Å². The van der Waals surface area contributed by atoms with E-state index < -0.39 is 0 Å². The Morgan fingerprint density at radius 3 is 2.43 bits per heavy atom. The third-order valence-electron chi connectivity index (χ3n) is 6.29. The van der Waals surface area contributed by atoms with Crippen LogP contribution >= 0.6 is 0 Å². The van der Waals surface area contributed by atoms with E-state index in [1.54, 1.807) is 6.07 Å². The van der Waals surface area contributed by atoms with Crippen molar-refractivity contribution < 1.29 is 33.9 Å². The van der Waals surface area contributed by atoms with Gasteiger partial charge >= 0.3 is 0 Å². The van der Waals surface area contributed by atoms with Crippen LogP contribution < -0.4 is 18.9 Å². The Labute approximate surface area is 162 Å². The van der Waals surface area contributed by atoms with E-state index in [4.69, 9.17) is 23.7 Å². The number of hydrogen-bond acceptors (Lipinski definition) is 7. The first-order valence-electron chi connectivity index (χ1n) is 9.27. The van der Waals surface area contributed by atoms with Gasteiger partial charge in [-0.2, -0.15) is 0 Å². The molecule has 2 bridgehead atoms. The van der Waals surface area contributed by atoms with Gasteiger partial charge in [0, 0.05) is 11.1 Å². The lowest BCUT2D eigenvalue weighted by Crippen LogP contribution is -2.14. The molecule has 5 rings (SSSR count). The van der Waals surface area contributed by atoms with Crippen LogP contribution in [-0.2, 0) is 4.74 Å². The summed E-state index contributed by atoms with van der Waals surface area (Å²) < 4.78 is 28.4. The van der Waals surface area contributed by atoms with Gasteiger partial charge in [-0.25, -0.2) is 0 Å². The maximum atomic E-state index is 11.1. The van der Waals surface area contributed by atoms with Gasteiger partial charge in [0.05, 0.1) is 26.4 Å². The number of fused-ring (bicyclic) bond motifs is 8. The Bertz CT molecular complexity index is 984. The van der Waals surface area contributed by atoms with E-state index in [1.807, 2.05) is 6.07 Å². The summed E-state index contributed by atoms with van der Waals surface area (Å²) in [5, 5.41) is 21.8. The van der Waals surface area contributed by atoms with Gasteiger partial charge in [-0.3, -0.25) is 0 Å². The van der Waals surface area contributed by atoms with Crippen molar-refractivity contribution >= 4 is 0 Å². The van der Waals surface area contributed by atoms with Crippen molar-refractivity contribution in [1.82, 2.24) is 0 Å². The summed E-state index contributed by atoms with van der Waals surface area (Å²) >= 11 is 0. The van der Waals surface area contributed by atoms with Crippen molar-refractivity contribution in [3.8, 4) is 45.6 Å². The molecule has 1 saturated heterocycles. The van der Waals surface area contributed by atoms with Gasteiger partial charge < -0.3 is 33.9 Å². The average Bonchev–Trinajstić information content (AvgIpc) is 3.23. The predicted molar refractivity (Wildman–Crippen MR) is 99.3 cm³/mol. The second kappa shape index (κ2) is 5.85. The SMILES string of the molecule is COc1cc2c(c(OC)c1O)[C@H]1O[C@@H](c3cc4c(c(O)c3-2)OCO4)[C@@H](C)[C@@H]1C. The number of ether oxygens (including phenoxy) is 5. The van der Waals surface area contributed by atoms with Crippen LogP contribution in [0.2, 0.25) is 0 Å². The highest BCUT2D eigenvalue weighted by molar-refractivity contribution is 5.86. The summed E-state index contributed by atoms with van der Waals surface area (Å²) in [6.07, 6.45) is -0.536. The van der Waals surface area contributed by atoms with Crippen LogP contribution in [0.3, 0.4) is 0 Å². The summed E-state index contributed by atoms with van der Waals surface area (Å²) in [7, 11) is 2.98. The van der Waals surface area contributed by atoms with Gasteiger partial charge in [0.25, 0.3) is 0 Å². The topological polar surface area (TPSA) is 86.6 Å². The Hall–Kier alpha value is -2.80. The van der Waals surface area contributed by atoms with Crippen LogP contribution in [0.4, 0.5) is 0 Å². The van der Waals surface area contributed by atoms with E-state index >= 15 is 0 Å². The van der Waals surface area contributed by atoms with Crippen molar-refractivity contribution in [2.75, 3.05) is 21.0 Å². The molecular formula is C21H22O7. The van der Waals surface area contributed by atoms with Crippen LogP contribution in [-0.4, -0.2) is 31.2 Å². The molecule has 3 aliphatic heterocycles. The Kier molecular flexibility index (Phi) is 3.61. The van der Waals surface area contributed by atoms with E-state index in [0.717, 1.165) is 5.56 Å². The molecule has 0 spiro atoms. The lowest BCUT2D eigenvalue weighted by molar-refractivity contribution is 0.0300. The molecule has 3 heterocycles. The van der Waals surface area contributed by atoms with Crippen LogP contribution in [0, 0.1) is 11.8 Å². The van der Waals surface area contributed by atoms with Crippen molar-refractivity contribution in [3.63, 3.8) is 0 Å². The first-order valence-corrected chi connectivity index (χ1v) is 9.27. The molecule has 1 fully saturated rings. The van der Waals surface area contributed by atoms with E-state index in [9.17, 15) is 10.2 Å². The molecule has 0 saturated carbocycles. The van der Waals surface area contributed by atoms with Crippen molar-refractivity contribution in [2.24, 2.45) is 11.8 Å². The monoisotopic (exact) mass is 386 g/mol. The molecule has 2 aromatic carbocycles. The van der Waals surface area contributed by atoms with E-state index in [0.29, 0.717) is 33.9 Å². The minimum atomic E-state index is -0.301. The number of hydrogen-bond donors (Lipinski definition) is 2. The van der Waals surface area contributed by atoms with E-state index in [2.05, 4.69) is 13.8 Å². The maximum Gasteiger partial charge on any atom is 0.231 e. The van der Waals surface area contributed by atoms with Crippen LogP contribution in [0.1, 0.15) is 37.2 Å². The summed E-state index contributed by atoms with van der Waals surface area (Å²) in [5.41, 5.74) is 2.83. The van der Waals surface area contributed by atoms with E-state index in [1.165, 1.54) is 14.2 Å². The number of phenolic OH excluding ortho intramolecular Hbond substituents is 2. The molecule has 0 amide bonds. The number of benzene rings is 2. The smallest absolute Gasteiger partial charge is 0.231 e. The van der Waals surface area contributed by atoms with Gasteiger partial charge in [-0.15, -0.1) is 0 Å². The van der Waals surface area contributed by atoms with Crippen molar-refractivity contribution in [1.29, 1.82) is 0 Å². The minimum Gasteiger partial charge on any atom is -0.504 e. The zero-order valence-corrected chi connectivity index (χ0v) is 16.1. The van der Waals surface area contributed by atoms with Gasteiger partial charge in [-0.1, -0.05) is 13.8 Å². The second-order valence-corrected chi connectivity index (χ2v) is 7.54. The zero-order chi connectivity index (χ0) is 19.7. The standard InChI is InChI=1S/C21H22O7/c1-8-9(2)19-15-10(5-12(24-3)16(22)21(15)25-4)14-11(18(8)28-19)6-13-20(17(14)23)27-7-26-13/h5-6,8-9,18-19,22-23H,7H2,1-4H3/t8-,9-,18+,19-/m0/s1. The molecule has 28 heavy (non-hydrogen) atoms. The number of phenols is 2. The molecule has 7 nitrogen and oxygen atoms in total. The summed E-state index contributed by atoms with van der Waals surface area (Å²) in [6, 6.07) is 3.60. The Morgan fingerprint density at radius 2 is 1.71 bits per heavy atom. The average molecular weight is 386 g/mol. The Morgan fingerprint density at radius 1 is 0.964 bits per heavy atom. The van der Waals surface area contributed by atoms with Gasteiger partial charge in [0.1, 0.15) is 0 Å². The maximum absolute atomic E-state index is 11.1. The third kappa shape index (κ3) is 2.02. The summed E-state index contributed by atoms with van der Waals surface area (Å²) in [6.45, 7) is 4.31. The van der Waals surface area contributed by atoms with Crippen molar-refractivity contribution in [3.05, 3.63) is 23.3 Å². The van der Waals surface area contributed by atoms with Crippen LogP contribution in [0.15, 0.2) is 12.1 Å². The first kappa shape index (κ1) is 17.3. The number of methoxy groups -OCH3 is 2. The lowest BCUT2D eigenvalue weighted by atomic mass is 9.77. The van der Waals surface area contributed by atoms with Crippen molar-refractivity contribution in [2.45, 2.75) is 26.1 Å². The molecule has 0 unspecified atom stereocenters. The molecule has 0 radical (unpaired) electrons. The molecular weight excluding hydrogens is 364 g/mol. The van der Waals surface area contributed by atoms with E-state index in [-0.39, 0.29) is 48.1 Å².